The fourth-order valence-corrected chi connectivity index (χ4v) is 2.22. The second kappa shape index (κ2) is 14.1. The number of likely N-dealkylation sites (tertiary alicyclic amines) is 1. The number of hydrogen-bond donors (Lipinski definition) is 1. The highest BCUT2D eigenvalue weighted by Gasteiger charge is 2.17. The molecule has 1 saturated heterocycles. The maximum atomic E-state index is 3.36. The first-order chi connectivity index (χ1) is 10.2. The molecule has 2 nitrogen and oxygen atoms in total. The Morgan fingerprint density at radius 3 is 1.86 bits per heavy atom. The van der Waals surface area contributed by atoms with Gasteiger partial charge in [-0.3, -0.25) is 4.90 Å². The van der Waals surface area contributed by atoms with Gasteiger partial charge in [-0.25, -0.2) is 0 Å². The van der Waals surface area contributed by atoms with E-state index in [2.05, 4.69) is 75.3 Å². The summed E-state index contributed by atoms with van der Waals surface area (Å²) >= 11 is 0. The summed E-state index contributed by atoms with van der Waals surface area (Å²) in [5, 5.41) is 3.36. The molecule has 1 aromatic carbocycles. The minimum atomic E-state index is 0.733. The fraction of sp³-hybridized carbons (Fsp3) is 0.684. The summed E-state index contributed by atoms with van der Waals surface area (Å²) in [7, 11) is 2.07. The van der Waals surface area contributed by atoms with Gasteiger partial charge in [-0.2, -0.15) is 0 Å². The van der Waals surface area contributed by atoms with Crippen LogP contribution < -0.4 is 5.32 Å². The first-order valence-corrected chi connectivity index (χ1v) is 8.65. The number of nitrogens with one attached hydrogen (secondary N) is 1. The monoisotopic (exact) mass is 292 g/mol. The van der Waals surface area contributed by atoms with Gasteiger partial charge in [-0.05, 0) is 38.5 Å². The van der Waals surface area contributed by atoms with Crippen molar-refractivity contribution in [3.63, 3.8) is 0 Å². The van der Waals surface area contributed by atoms with E-state index in [9.17, 15) is 0 Å². The zero-order valence-corrected chi connectivity index (χ0v) is 14.9. The summed E-state index contributed by atoms with van der Waals surface area (Å²) in [5.74, 6) is 0. The Morgan fingerprint density at radius 1 is 0.952 bits per heavy atom. The zero-order chi connectivity index (χ0) is 15.9. The van der Waals surface area contributed by atoms with Crippen molar-refractivity contribution in [2.75, 3.05) is 20.1 Å². The van der Waals surface area contributed by atoms with Crippen LogP contribution in [0.15, 0.2) is 30.3 Å². The largest absolute Gasteiger partial charge is 0.317 e. The highest BCUT2D eigenvalue weighted by molar-refractivity contribution is 5.14. The van der Waals surface area contributed by atoms with E-state index in [-0.39, 0.29) is 0 Å². The van der Waals surface area contributed by atoms with Crippen molar-refractivity contribution < 1.29 is 0 Å². The third kappa shape index (κ3) is 10.5. The second-order valence-electron chi connectivity index (χ2n) is 5.74. The molecule has 0 saturated carbocycles. The summed E-state index contributed by atoms with van der Waals surface area (Å²) in [5.41, 5.74) is 1.43. The predicted molar refractivity (Wildman–Crippen MR) is 95.7 cm³/mol. The lowest BCUT2D eigenvalue weighted by Crippen LogP contribution is -2.40. The number of piperidine rings is 1. The van der Waals surface area contributed by atoms with Crippen molar-refractivity contribution in [1.82, 2.24) is 10.2 Å². The van der Waals surface area contributed by atoms with Gasteiger partial charge in [0.25, 0.3) is 0 Å². The zero-order valence-electron chi connectivity index (χ0n) is 14.9. The van der Waals surface area contributed by atoms with Crippen LogP contribution >= 0.6 is 0 Å². The predicted octanol–water partition coefficient (Wildman–Crippen LogP) is 4.70. The van der Waals surface area contributed by atoms with Crippen molar-refractivity contribution >= 4 is 0 Å². The van der Waals surface area contributed by atoms with E-state index in [1.54, 1.807) is 0 Å². The fourth-order valence-electron chi connectivity index (χ4n) is 2.22. The Balaban J connectivity index is 0.000000578. The van der Waals surface area contributed by atoms with Gasteiger partial charge in [0, 0.05) is 12.6 Å². The molecular weight excluding hydrogens is 256 g/mol. The summed E-state index contributed by atoms with van der Waals surface area (Å²) < 4.78 is 0. The number of hydrogen-bond acceptors (Lipinski definition) is 2. The van der Waals surface area contributed by atoms with Crippen molar-refractivity contribution in [3.05, 3.63) is 35.9 Å². The summed E-state index contributed by atoms with van der Waals surface area (Å²) in [6.45, 7) is 12.1. The maximum absolute atomic E-state index is 3.36. The third-order valence-corrected chi connectivity index (χ3v) is 3.24. The quantitative estimate of drug-likeness (QED) is 0.868. The molecule has 0 amide bonds. The van der Waals surface area contributed by atoms with E-state index < -0.39 is 0 Å². The van der Waals surface area contributed by atoms with Gasteiger partial charge in [0.05, 0.1) is 0 Å². The molecule has 1 heterocycles. The molecule has 122 valence electrons. The molecule has 0 aromatic heterocycles. The number of rotatable bonds is 3. The van der Waals surface area contributed by atoms with E-state index in [0.29, 0.717) is 0 Å². The molecule has 0 spiro atoms. The van der Waals surface area contributed by atoms with Crippen LogP contribution in [0, 0.1) is 0 Å². The first-order valence-electron chi connectivity index (χ1n) is 8.65. The Kier molecular flexibility index (Phi) is 13.5. The van der Waals surface area contributed by atoms with Gasteiger partial charge in [0.1, 0.15) is 0 Å². The van der Waals surface area contributed by atoms with Crippen LogP contribution in [0.3, 0.4) is 0 Å². The van der Waals surface area contributed by atoms with Crippen LogP contribution in [-0.2, 0) is 6.54 Å². The van der Waals surface area contributed by atoms with Crippen LogP contribution in [0.25, 0.3) is 0 Å². The topological polar surface area (TPSA) is 15.3 Å². The standard InChI is InChI=1S/C13H20N2.2C3H8/c1-14-13-7-9-15(10-8-13)11-12-5-3-2-4-6-12;2*1-3-2/h2-6,13-14H,7-11H2,1H3;2*3H2,1-2H3. The summed E-state index contributed by atoms with van der Waals surface area (Å²) in [6.07, 6.45) is 5.06. The minimum Gasteiger partial charge on any atom is -0.317 e. The molecule has 0 aliphatic carbocycles. The van der Waals surface area contributed by atoms with Crippen LogP contribution in [-0.4, -0.2) is 31.1 Å². The molecule has 2 heteroatoms. The molecule has 2 rings (SSSR count). The molecule has 1 fully saturated rings. The molecule has 1 aliphatic rings. The van der Waals surface area contributed by atoms with E-state index in [0.717, 1.165) is 12.6 Å². The van der Waals surface area contributed by atoms with E-state index in [4.69, 9.17) is 0 Å². The molecule has 0 radical (unpaired) electrons. The van der Waals surface area contributed by atoms with Gasteiger partial charge < -0.3 is 5.32 Å². The maximum Gasteiger partial charge on any atom is 0.0233 e. The highest BCUT2D eigenvalue weighted by Crippen LogP contribution is 2.13. The van der Waals surface area contributed by atoms with Crippen molar-refractivity contribution in [1.29, 1.82) is 0 Å². The molecule has 1 aromatic rings. The number of nitrogens with zero attached hydrogens (tertiary/aromatic N) is 1. The third-order valence-electron chi connectivity index (χ3n) is 3.24. The average molecular weight is 293 g/mol. The molecule has 1 N–H and O–H groups in total. The second-order valence-corrected chi connectivity index (χ2v) is 5.74. The lowest BCUT2D eigenvalue weighted by Gasteiger charge is -2.31. The molecule has 0 unspecified atom stereocenters. The SMILES string of the molecule is CCC.CCC.CNC1CCN(Cc2ccccc2)CC1. The lowest BCUT2D eigenvalue weighted by atomic mass is 10.0. The number of benzene rings is 1. The van der Waals surface area contributed by atoms with Crippen LogP contribution in [0.4, 0.5) is 0 Å². The molecule has 0 atom stereocenters. The first kappa shape index (κ1) is 20.1. The van der Waals surface area contributed by atoms with E-state index in [1.807, 2.05) is 0 Å². The summed E-state index contributed by atoms with van der Waals surface area (Å²) in [4.78, 5) is 2.54. The van der Waals surface area contributed by atoms with Gasteiger partial charge in [-0.15, -0.1) is 0 Å². The minimum absolute atomic E-state index is 0.733. The van der Waals surface area contributed by atoms with Crippen molar-refractivity contribution in [2.45, 2.75) is 66.0 Å². The van der Waals surface area contributed by atoms with Gasteiger partial charge in [-0.1, -0.05) is 70.9 Å². The highest BCUT2D eigenvalue weighted by atomic mass is 15.1. The van der Waals surface area contributed by atoms with E-state index >= 15 is 0 Å². The average Bonchev–Trinajstić information content (AvgIpc) is 2.51. The molecule has 1 aliphatic heterocycles. The molecule has 21 heavy (non-hydrogen) atoms. The lowest BCUT2D eigenvalue weighted by molar-refractivity contribution is 0.194. The van der Waals surface area contributed by atoms with Gasteiger partial charge in [0.15, 0.2) is 0 Å². The Labute approximate surface area is 132 Å². The Bertz CT molecular complexity index is 301. The smallest absolute Gasteiger partial charge is 0.0233 e. The van der Waals surface area contributed by atoms with Crippen LogP contribution in [0.2, 0.25) is 0 Å². The van der Waals surface area contributed by atoms with Crippen molar-refractivity contribution in [2.24, 2.45) is 0 Å². The molecule has 0 bridgehead atoms. The molecular formula is C19H36N2. The van der Waals surface area contributed by atoms with Gasteiger partial charge in [0.2, 0.25) is 0 Å². The van der Waals surface area contributed by atoms with Crippen molar-refractivity contribution in [3.8, 4) is 0 Å². The normalized spacial score (nSPS) is 15.5. The van der Waals surface area contributed by atoms with E-state index in [1.165, 1.54) is 44.3 Å². The Morgan fingerprint density at radius 2 is 1.43 bits per heavy atom. The Hall–Kier alpha value is -0.860. The summed E-state index contributed by atoms with van der Waals surface area (Å²) in [6, 6.07) is 11.5. The van der Waals surface area contributed by atoms with Crippen LogP contribution in [0.1, 0.15) is 58.9 Å². The van der Waals surface area contributed by atoms with Crippen LogP contribution in [0.5, 0.6) is 0 Å². The van der Waals surface area contributed by atoms with Gasteiger partial charge >= 0.3 is 0 Å².